The van der Waals surface area contributed by atoms with Gasteiger partial charge in [-0.25, -0.2) is 4.79 Å². The summed E-state index contributed by atoms with van der Waals surface area (Å²) >= 11 is 0. The maximum Gasteiger partial charge on any atom is 0.337 e. The number of aromatic nitrogens is 1. The van der Waals surface area contributed by atoms with Crippen molar-refractivity contribution < 1.29 is 9.53 Å². The number of fused-ring (bicyclic) bond motifs is 1. The van der Waals surface area contributed by atoms with E-state index in [-0.39, 0.29) is 12.0 Å². The number of methoxy groups -OCH3 is 1. The number of nitrogens with zero attached hydrogens (tertiary/aromatic N) is 1. The fraction of sp³-hybridized carbons (Fsp3) is 0.206. The first-order chi connectivity index (χ1) is 18.7. The third-order valence-corrected chi connectivity index (χ3v) is 7.27. The van der Waals surface area contributed by atoms with Gasteiger partial charge in [0.1, 0.15) is 0 Å². The van der Waals surface area contributed by atoms with Crippen molar-refractivity contribution in [2.45, 2.75) is 31.7 Å². The molecular formula is C34H34N2O2. The smallest absolute Gasteiger partial charge is 0.337 e. The number of hydrogen-bond acceptors (Lipinski definition) is 3. The lowest BCUT2D eigenvalue weighted by Crippen LogP contribution is -2.18. The van der Waals surface area contributed by atoms with E-state index < -0.39 is 0 Å². The molecule has 192 valence electrons. The van der Waals surface area contributed by atoms with Crippen molar-refractivity contribution in [2.24, 2.45) is 5.73 Å². The van der Waals surface area contributed by atoms with Gasteiger partial charge < -0.3 is 15.0 Å². The lowest BCUT2D eigenvalue weighted by Gasteiger charge is -2.25. The Hall–Kier alpha value is -4.15. The molecule has 4 aromatic carbocycles. The predicted octanol–water partition coefficient (Wildman–Crippen LogP) is 6.74. The molecule has 2 N–H and O–H groups in total. The second kappa shape index (κ2) is 11.9. The summed E-state index contributed by atoms with van der Waals surface area (Å²) in [4.78, 5) is 11.8. The van der Waals surface area contributed by atoms with Crippen LogP contribution in [-0.2, 0) is 24.0 Å². The summed E-state index contributed by atoms with van der Waals surface area (Å²) < 4.78 is 7.35. The molecule has 0 aliphatic rings. The summed E-state index contributed by atoms with van der Waals surface area (Å²) in [6, 6.07) is 38.0. The van der Waals surface area contributed by atoms with E-state index >= 15 is 0 Å². The van der Waals surface area contributed by atoms with Gasteiger partial charge >= 0.3 is 5.97 Å². The highest BCUT2D eigenvalue weighted by molar-refractivity contribution is 5.89. The Labute approximate surface area is 224 Å². The highest BCUT2D eigenvalue weighted by Gasteiger charge is 2.24. The lowest BCUT2D eigenvalue weighted by atomic mass is 9.97. The molecule has 38 heavy (non-hydrogen) atoms. The van der Waals surface area contributed by atoms with Gasteiger partial charge in [-0.3, -0.25) is 0 Å². The van der Waals surface area contributed by atoms with Crippen LogP contribution in [0, 0.1) is 0 Å². The van der Waals surface area contributed by atoms with Crippen LogP contribution in [0.2, 0.25) is 0 Å². The predicted molar refractivity (Wildman–Crippen MR) is 155 cm³/mol. The van der Waals surface area contributed by atoms with Crippen molar-refractivity contribution in [3.05, 3.63) is 143 Å². The van der Waals surface area contributed by atoms with Crippen molar-refractivity contribution >= 4 is 16.9 Å². The van der Waals surface area contributed by atoms with Crippen molar-refractivity contribution in [3.63, 3.8) is 0 Å². The van der Waals surface area contributed by atoms with Crippen LogP contribution < -0.4 is 5.73 Å². The first-order valence-electron chi connectivity index (χ1n) is 13.3. The number of ether oxygens (including phenoxy) is 1. The third kappa shape index (κ3) is 5.27. The van der Waals surface area contributed by atoms with Crippen molar-refractivity contribution in [2.75, 3.05) is 13.7 Å². The van der Waals surface area contributed by atoms with E-state index in [0.29, 0.717) is 12.1 Å². The molecule has 4 nitrogen and oxygen atoms in total. The molecule has 1 aromatic heterocycles. The monoisotopic (exact) mass is 502 g/mol. The van der Waals surface area contributed by atoms with Gasteiger partial charge in [-0.1, -0.05) is 91.0 Å². The molecule has 4 heteroatoms. The Bertz CT molecular complexity index is 1450. The number of nitrogens with two attached hydrogens (primary N) is 1. The van der Waals surface area contributed by atoms with Crippen LogP contribution >= 0.6 is 0 Å². The summed E-state index contributed by atoms with van der Waals surface area (Å²) in [6.07, 6.45) is 3.71. The molecule has 0 bridgehead atoms. The molecule has 0 unspecified atom stereocenters. The molecule has 0 amide bonds. The molecule has 0 saturated carbocycles. The van der Waals surface area contributed by atoms with Crippen LogP contribution in [0.25, 0.3) is 10.9 Å². The van der Waals surface area contributed by atoms with E-state index in [9.17, 15) is 4.79 Å². The SMILES string of the molecule is COC(=O)c1ccc(CCCc2c(CCN)n(C(c3ccccc3)c3ccccc3)c3ccccc23)cc1. The van der Waals surface area contributed by atoms with Crippen LogP contribution in [0.15, 0.2) is 109 Å². The van der Waals surface area contributed by atoms with Gasteiger partial charge in [0, 0.05) is 23.0 Å². The van der Waals surface area contributed by atoms with E-state index in [1.54, 1.807) is 0 Å². The lowest BCUT2D eigenvalue weighted by molar-refractivity contribution is 0.0600. The average molecular weight is 503 g/mol. The molecule has 0 aliphatic carbocycles. The molecule has 5 rings (SSSR count). The Morgan fingerprint density at radius 3 is 1.97 bits per heavy atom. The zero-order valence-electron chi connectivity index (χ0n) is 21.8. The largest absolute Gasteiger partial charge is 0.465 e. The summed E-state index contributed by atoms with van der Waals surface area (Å²) in [7, 11) is 1.41. The van der Waals surface area contributed by atoms with Gasteiger partial charge in [0.25, 0.3) is 0 Å². The molecule has 1 heterocycles. The fourth-order valence-corrected chi connectivity index (χ4v) is 5.52. The van der Waals surface area contributed by atoms with Crippen LogP contribution in [0.4, 0.5) is 0 Å². The number of benzene rings is 4. The minimum Gasteiger partial charge on any atom is -0.465 e. The number of aryl methyl sites for hydroxylation is 2. The molecule has 5 aromatic rings. The minimum atomic E-state index is -0.304. The van der Waals surface area contributed by atoms with E-state index in [1.165, 1.54) is 46.0 Å². The maximum absolute atomic E-state index is 11.8. The van der Waals surface area contributed by atoms with E-state index in [2.05, 4.69) is 89.5 Å². The topological polar surface area (TPSA) is 57.2 Å². The highest BCUT2D eigenvalue weighted by Crippen LogP contribution is 2.37. The number of esters is 1. The van der Waals surface area contributed by atoms with Crippen LogP contribution in [0.1, 0.15) is 50.8 Å². The highest BCUT2D eigenvalue weighted by atomic mass is 16.5. The van der Waals surface area contributed by atoms with Crippen molar-refractivity contribution in [1.82, 2.24) is 4.57 Å². The van der Waals surface area contributed by atoms with Crippen LogP contribution in [0.5, 0.6) is 0 Å². The molecule has 0 radical (unpaired) electrons. The summed E-state index contributed by atoms with van der Waals surface area (Å²) in [6.45, 7) is 0.592. The first kappa shape index (κ1) is 25.5. The van der Waals surface area contributed by atoms with Crippen LogP contribution in [-0.4, -0.2) is 24.2 Å². The van der Waals surface area contributed by atoms with E-state index in [4.69, 9.17) is 10.5 Å². The summed E-state index contributed by atoms with van der Waals surface area (Å²) in [5, 5.41) is 1.30. The minimum absolute atomic E-state index is 0.0588. The Morgan fingerprint density at radius 2 is 1.37 bits per heavy atom. The molecular weight excluding hydrogens is 468 g/mol. The van der Waals surface area contributed by atoms with Gasteiger partial charge in [-0.15, -0.1) is 0 Å². The van der Waals surface area contributed by atoms with Gasteiger partial charge in [-0.2, -0.15) is 0 Å². The molecule has 0 aliphatic heterocycles. The zero-order valence-corrected chi connectivity index (χ0v) is 21.8. The molecule has 0 fully saturated rings. The van der Waals surface area contributed by atoms with Gasteiger partial charge in [0.2, 0.25) is 0 Å². The summed E-state index contributed by atoms with van der Waals surface area (Å²) in [5.41, 5.74) is 14.5. The van der Waals surface area contributed by atoms with Gasteiger partial charge in [0.15, 0.2) is 0 Å². The van der Waals surface area contributed by atoms with Gasteiger partial charge in [-0.05, 0) is 66.3 Å². The van der Waals surface area contributed by atoms with Gasteiger partial charge in [0.05, 0.1) is 18.7 Å². The zero-order chi connectivity index (χ0) is 26.3. The number of carbonyl (C=O) groups is 1. The number of carbonyl (C=O) groups excluding carboxylic acids is 1. The van der Waals surface area contributed by atoms with Crippen molar-refractivity contribution in [1.29, 1.82) is 0 Å². The first-order valence-corrected chi connectivity index (χ1v) is 13.3. The number of para-hydroxylation sites is 1. The van der Waals surface area contributed by atoms with Crippen LogP contribution in [0.3, 0.4) is 0 Å². The molecule has 0 spiro atoms. The molecule has 0 atom stereocenters. The van der Waals surface area contributed by atoms with Crippen molar-refractivity contribution in [3.8, 4) is 0 Å². The maximum atomic E-state index is 11.8. The number of rotatable bonds is 10. The Morgan fingerprint density at radius 1 is 0.763 bits per heavy atom. The quantitative estimate of drug-likeness (QED) is 0.215. The standard InChI is InChI=1S/C34H34N2O2/c1-38-34(37)28-21-19-25(20-22-28)11-10-17-30-29-16-8-9-18-31(29)36(32(30)23-24-35)33(26-12-4-2-5-13-26)27-14-6-3-7-15-27/h2-9,12-16,18-22,33H,10-11,17,23-24,35H2,1H3. The number of hydrogen-bond donors (Lipinski definition) is 1. The van der Waals surface area contributed by atoms with E-state index in [1.807, 2.05) is 24.3 Å². The molecule has 0 saturated heterocycles. The third-order valence-electron chi connectivity index (χ3n) is 7.27. The Balaban J connectivity index is 1.54. The van der Waals surface area contributed by atoms with E-state index in [0.717, 1.165) is 25.7 Å². The summed E-state index contributed by atoms with van der Waals surface area (Å²) in [5.74, 6) is -0.304. The fourth-order valence-electron chi connectivity index (χ4n) is 5.52. The average Bonchev–Trinajstić information content (AvgIpc) is 3.27. The Kier molecular flexibility index (Phi) is 8.01. The second-order valence-corrected chi connectivity index (χ2v) is 9.62. The second-order valence-electron chi connectivity index (χ2n) is 9.62. The normalized spacial score (nSPS) is 11.2.